The number of nitrogens with zero attached hydrogens (tertiary/aromatic N) is 3. The normalized spacial score (nSPS) is 18.4. The number of amides is 1. The van der Waals surface area contributed by atoms with E-state index < -0.39 is 0 Å². The minimum Gasteiger partial charge on any atom is -0.392 e. The molecular formula is C23H26N6O2. The van der Waals surface area contributed by atoms with Crippen molar-refractivity contribution in [1.29, 1.82) is 0 Å². The molecule has 0 saturated heterocycles. The van der Waals surface area contributed by atoms with Crippen LogP contribution in [-0.2, 0) is 6.61 Å². The zero-order valence-electron chi connectivity index (χ0n) is 17.2. The molecule has 8 nitrogen and oxygen atoms in total. The number of hydrogen-bond acceptors (Lipinski definition) is 7. The molecule has 5 N–H and O–H groups in total. The highest BCUT2D eigenvalue weighted by Gasteiger charge is 2.23. The fourth-order valence-corrected chi connectivity index (χ4v) is 3.74. The molecule has 1 amide bonds. The lowest BCUT2D eigenvalue weighted by atomic mass is 9.91. The van der Waals surface area contributed by atoms with Gasteiger partial charge in [-0.2, -0.15) is 0 Å². The van der Waals surface area contributed by atoms with Gasteiger partial charge in [-0.05, 0) is 48.7 Å². The van der Waals surface area contributed by atoms with Crippen molar-refractivity contribution in [3.05, 3.63) is 66.2 Å². The molecule has 1 aromatic carbocycles. The van der Waals surface area contributed by atoms with Gasteiger partial charge >= 0.3 is 0 Å². The summed E-state index contributed by atoms with van der Waals surface area (Å²) in [5.74, 6) is 0.513. The van der Waals surface area contributed by atoms with Crippen LogP contribution in [0.3, 0.4) is 0 Å². The molecule has 31 heavy (non-hydrogen) atoms. The van der Waals surface area contributed by atoms with Crippen molar-refractivity contribution in [2.24, 2.45) is 5.73 Å². The number of benzene rings is 1. The molecule has 2 aromatic heterocycles. The van der Waals surface area contributed by atoms with Crippen LogP contribution < -0.4 is 16.4 Å². The van der Waals surface area contributed by atoms with E-state index in [9.17, 15) is 9.90 Å². The summed E-state index contributed by atoms with van der Waals surface area (Å²) in [7, 11) is 0. The number of aliphatic hydroxyl groups excluding tert-OH is 1. The van der Waals surface area contributed by atoms with Crippen LogP contribution in [0, 0.1) is 0 Å². The van der Waals surface area contributed by atoms with Crippen molar-refractivity contribution >= 4 is 17.4 Å². The standard InChI is InChI=1S/C23H26N6O2/c24-19-3-1-2-4-20(19)29-23(31)16-5-7-18(8-6-16)28-22-10-21(26-14-27-22)17-9-15(13-30)11-25-12-17/h5-12,14,19-20,30H,1-4,13,24H2,(H,29,31)(H,26,27,28). The summed E-state index contributed by atoms with van der Waals surface area (Å²) in [6.07, 6.45) is 8.89. The molecule has 2 atom stereocenters. The number of anilines is 2. The number of pyridine rings is 1. The van der Waals surface area contributed by atoms with E-state index in [1.54, 1.807) is 24.5 Å². The Balaban J connectivity index is 1.42. The van der Waals surface area contributed by atoms with E-state index in [1.165, 1.54) is 6.33 Å². The summed E-state index contributed by atoms with van der Waals surface area (Å²) in [5.41, 5.74) is 9.74. The van der Waals surface area contributed by atoms with Gasteiger partial charge in [-0.15, -0.1) is 0 Å². The number of hydrogen-bond donors (Lipinski definition) is 4. The second-order valence-corrected chi connectivity index (χ2v) is 7.76. The molecule has 1 fully saturated rings. The Hall–Kier alpha value is -3.36. The van der Waals surface area contributed by atoms with Gasteiger partial charge in [0.05, 0.1) is 12.3 Å². The summed E-state index contributed by atoms with van der Waals surface area (Å²) in [4.78, 5) is 25.2. The van der Waals surface area contributed by atoms with Gasteiger partial charge in [-0.25, -0.2) is 9.97 Å². The Labute approximate surface area is 181 Å². The summed E-state index contributed by atoms with van der Waals surface area (Å²) in [6.45, 7) is -0.0797. The Morgan fingerprint density at radius 3 is 2.68 bits per heavy atom. The lowest BCUT2D eigenvalue weighted by Crippen LogP contribution is -2.49. The first-order valence-corrected chi connectivity index (χ1v) is 10.4. The van der Waals surface area contributed by atoms with Crippen LogP contribution in [0.2, 0.25) is 0 Å². The third-order valence-electron chi connectivity index (χ3n) is 5.50. The number of nitrogens with one attached hydrogen (secondary N) is 2. The summed E-state index contributed by atoms with van der Waals surface area (Å²) in [5, 5.41) is 15.6. The van der Waals surface area contributed by atoms with Gasteiger partial charge < -0.3 is 21.5 Å². The van der Waals surface area contributed by atoms with Crippen molar-refractivity contribution in [3.8, 4) is 11.3 Å². The van der Waals surface area contributed by atoms with Gasteiger partial charge in [0.25, 0.3) is 5.91 Å². The van der Waals surface area contributed by atoms with Gasteiger partial charge in [0.15, 0.2) is 0 Å². The topological polar surface area (TPSA) is 126 Å². The van der Waals surface area contributed by atoms with Gasteiger partial charge in [0, 0.05) is 47.4 Å². The van der Waals surface area contributed by atoms with E-state index in [4.69, 9.17) is 5.73 Å². The van der Waals surface area contributed by atoms with Crippen molar-refractivity contribution < 1.29 is 9.90 Å². The van der Waals surface area contributed by atoms with Gasteiger partial charge in [-0.1, -0.05) is 12.8 Å². The van der Waals surface area contributed by atoms with Crippen LogP contribution in [0.5, 0.6) is 0 Å². The quantitative estimate of drug-likeness (QED) is 0.485. The molecule has 0 aliphatic heterocycles. The fraction of sp³-hybridized carbons (Fsp3) is 0.304. The van der Waals surface area contributed by atoms with E-state index >= 15 is 0 Å². The zero-order valence-corrected chi connectivity index (χ0v) is 17.2. The number of nitrogens with two attached hydrogens (primary N) is 1. The Morgan fingerprint density at radius 2 is 1.90 bits per heavy atom. The molecule has 0 bridgehead atoms. The fourth-order valence-electron chi connectivity index (χ4n) is 3.74. The number of carbonyl (C=O) groups excluding carboxylic acids is 1. The molecule has 0 spiro atoms. The van der Waals surface area contributed by atoms with Crippen molar-refractivity contribution in [2.45, 2.75) is 44.4 Å². The number of aliphatic hydroxyl groups is 1. The number of carbonyl (C=O) groups is 1. The first kappa shape index (κ1) is 20.9. The van der Waals surface area contributed by atoms with E-state index in [0.29, 0.717) is 22.6 Å². The van der Waals surface area contributed by atoms with Crippen molar-refractivity contribution in [2.75, 3.05) is 5.32 Å². The van der Waals surface area contributed by atoms with Crippen LogP contribution in [0.1, 0.15) is 41.6 Å². The SMILES string of the molecule is NC1CCCCC1NC(=O)c1ccc(Nc2cc(-c3cncc(CO)c3)ncn2)cc1. The molecule has 3 aromatic rings. The third kappa shape index (κ3) is 5.22. The zero-order chi connectivity index (χ0) is 21.6. The summed E-state index contributed by atoms with van der Waals surface area (Å²) >= 11 is 0. The highest BCUT2D eigenvalue weighted by Crippen LogP contribution is 2.22. The maximum Gasteiger partial charge on any atom is 0.251 e. The first-order valence-electron chi connectivity index (χ1n) is 10.4. The number of aromatic nitrogens is 3. The van der Waals surface area contributed by atoms with Crippen LogP contribution in [-0.4, -0.2) is 38.0 Å². The molecule has 160 valence electrons. The highest BCUT2D eigenvalue weighted by atomic mass is 16.3. The lowest BCUT2D eigenvalue weighted by Gasteiger charge is -2.29. The second kappa shape index (κ2) is 9.63. The smallest absolute Gasteiger partial charge is 0.251 e. The van der Waals surface area contributed by atoms with Gasteiger partial charge in [0.2, 0.25) is 0 Å². The molecule has 0 radical (unpaired) electrons. The molecule has 1 aliphatic rings. The monoisotopic (exact) mass is 418 g/mol. The largest absolute Gasteiger partial charge is 0.392 e. The van der Waals surface area contributed by atoms with E-state index in [1.807, 2.05) is 24.3 Å². The minimum atomic E-state index is -0.102. The maximum absolute atomic E-state index is 12.6. The van der Waals surface area contributed by atoms with Crippen molar-refractivity contribution in [3.63, 3.8) is 0 Å². The predicted molar refractivity (Wildman–Crippen MR) is 119 cm³/mol. The first-order chi connectivity index (χ1) is 15.1. The average molecular weight is 419 g/mol. The van der Waals surface area contributed by atoms with Crippen LogP contribution in [0.15, 0.2) is 55.1 Å². The Bertz CT molecular complexity index is 1040. The lowest BCUT2D eigenvalue weighted by molar-refractivity contribution is 0.0921. The van der Waals surface area contributed by atoms with Crippen LogP contribution >= 0.6 is 0 Å². The third-order valence-corrected chi connectivity index (χ3v) is 5.50. The van der Waals surface area contributed by atoms with E-state index in [-0.39, 0.29) is 24.6 Å². The predicted octanol–water partition coefficient (Wildman–Crippen LogP) is 2.77. The summed E-state index contributed by atoms with van der Waals surface area (Å²) < 4.78 is 0. The van der Waals surface area contributed by atoms with Crippen molar-refractivity contribution in [1.82, 2.24) is 20.3 Å². The summed E-state index contributed by atoms with van der Waals surface area (Å²) in [6, 6.07) is 11.0. The Morgan fingerprint density at radius 1 is 1.10 bits per heavy atom. The van der Waals surface area contributed by atoms with Crippen LogP contribution in [0.25, 0.3) is 11.3 Å². The molecule has 2 unspecified atom stereocenters. The minimum absolute atomic E-state index is 0.0267. The highest BCUT2D eigenvalue weighted by molar-refractivity contribution is 5.94. The molecule has 4 rings (SSSR count). The van der Waals surface area contributed by atoms with E-state index in [2.05, 4.69) is 25.6 Å². The molecular weight excluding hydrogens is 392 g/mol. The molecule has 2 heterocycles. The maximum atomic E-state index is 12.6. The van der Waals surface area contributed by atoms with Gasteiger partial charge in [-0.3, -0.25) is 9.78 Å². The average Bonchev–Trinajstić information content (AvgIpc) is 2.81. The van der Waals surface area contributed by atoms with Crippen LogP contribution in [0.4, 0.5) is 11.5 Å². The number of rotatable bonds is 6. The Kier molecular flexibility index (Phi) is 6.49. The molecule has 1 aliphatic carbocycles. The molecule has 8 heteroatoms. The second-order valence-electron chi connectivity index (χ2n) is 7.76. The van der Waals surface area contributed by atoms with Gasteiger partial charge in [0.1, 0.15) is 12.1 Å². The van der Waals surface area contributed by atoms with E-state index in [0.717, 1.165) is 36.9 Å². The molecule has 1 saturated carbocycles.